The lowest BCUT2D eigenvalue weighted by Gasteiger charge is -2.06. The average Bonchev–Trinajstić information content (AvgIpc) is 2.41. The van der Waals surface area contributed by atoms with Crippen LogP contribution in [0.5, 0.6) is 0 Å². The summed E-state index contributed by atoms with van der Waals surface area (Å²) in [5, 5.41) is 9.11. The monoisotopic (exact) mass is 286 g/mol. The van der Waals surface area contributed by atoms with Gasteiger partial charge in [-0.2, -0.15) is 0 Å². The highest BCUT2D eigenvalue weighted by Crippen LogP contribution is 2.29. The van der Waals surface area contributed by atoms with Crippen molar-refractivity contribution in [3.8, 4) is 0 Å². The molecule has 1 N–H and O–H groups in total. The largest absolute Gasteiger partial charge is 0.478 e. The van der Waals surface area contributed by atoms with Crippen molar-refractivity contribution >= 4 is 23.5 Å². The number of carboxylic acid groups (broad SMARTS) is 1. The van der Waals surface area contributed by atoms with Crippen LogP contribution in [-0.2, 0) is 0 Å². The molecule has 0 atom stereocenters. The maximum atomic E-state index is 11.2. The number of hydrogen-bond acceptors (Lipinski definition) is 3. The van der Waals surface area contributed by atoms with Gasteiger partial charge in [-0.1, -0.05) is 30.0 Å². The molecule has 0 bridgehead atoms. The van der Waals surface area contributed by atoms with E-state index >= 15 is 0 Å². The third-order valence-electron chi connectivity index (χ3n) is 2.94. The minimum Gasteiger partial charge on any atom is -0.478 e. The molecule has 0 aliphatic rings. The van der Waals surface area contributed by atoms with E-state index in [9.17, 15) is 9.59 Å². The van der Waals surface area contributed by atoms with Gasteiger partial charge in [0.05, 0.1) is 5.56 Å². The Balaban J connectivity index is 2.23. The van der Waals surface area contributed by atoms with Crippen LogP contribution in [-0.4, -0.2) is 16.9 Å². The Labute approximate surface area is 121 Å². The Morgan fingerprint density at radius 2 is 1.60 bits per heavy atom. The predicted octanol–water partition coefficient (Wildman–Crippen LogP) is 4.05. The average molecular weight is 286 g/mol. The van der Waals surface area contributed by atoms with Crippen LogP contribution in [0.4, 0.5) is 0 Å². The van der Waals surface area contributed by atoms with Crippen molar-refractivity contribution in [2.24, 2.45) is 0 Å². The molecule has 2 aromatic rings. The van der Waals surface area contributed by atoms with Crippen molar-refractivity contribution in [2.75, 3.05) is 0 Å². The minimum atomic E-state index is -0.920. The van der Waals surface area contributed by atoms with E-state index in [0.717, 1.165) is 15.4 Å². The van der Waals surface area contributed by atoms with Gasteiger partial charge in [0.2, 0.25) is 0 Å². The molecule has 0 fully saturated rings. The number of carbonyl (C=O) groups is 2. The number of carboxylic acids is 1. The molecule has 0 radical (unpaired) electrons. The Morgan fingerprint density at radius 3 is 2.15 bits per heavy atom. The predicted molar refractivity (Wildman–Crippen MR) is 78.7 cm³/mol. The number of carbonyl (C=O) groups excluding carboxylic acids is 1. The van der Waals surface area contributed by atoms with E-state index in [4.69, 9.17) is 5.11 Å². The summed E-state index contributed by atoms with van der Waals surface area (Å²) in [6, 6.07) is 12.6. The quantitative estimate of drug-likeness (QED) is 0.862. The number of aromatic carboxylic acids is 1. The van der Waals surface area contributed by atoms with E-state index in [1.54, 1.807) is 31.2 Å². The van der Waals surface area contributed by atoms with Crippen molar-refractivity contribution in [1.82, 2.24) is 0 Å². The number of Topliss-reactive ketones (excluding diaryl/α,β-unsaturated/α-hetero) is 1. The first-order valence-corrected chi connectivity index (χ1v) is 6.92. The number of ketones is 1. The fourth-order valence-electron chi connectivity index (χ4n) is 1.79. The lowest BCUT2D eigenvalue weighted by atomic mass is 10.1. The molecular formula is C16H14O3S. The summed E-state index contributed by atoms with van der Waals surface area (Å²) in [5.41, 5.74) is 1.73. The standard InChI is InChI=1S/C16H14O3S/c1-10-3-6-14(9-15(10)16(18)19)20-13-7-4-12(5-8-13)11(2)17/h3-9H,1-2H3,(H,18,19). The van der Waals surface area contributed by atoms with Gasteiger partial charge >= 0.3 is 5.97 Å². The Bertz CT molecular complexity index is 660. The van der Waals surface area contributed by atoms with Crippen LogP contribution in [0.2, 0.25) is 0 Å². The van der Waals surface area contributed by atoms with E-state index in [1.807, 2.05) is 18.2 Å². The molecule has 4 heteroatoms. The zero-order valence-electron chi connectivity index (χ0n) is 11.2. The van der Waals surface area contributed by atoms with Crippen LogP contribution in [0.25, 0.3) is 0 Å². The highest BCUT2D eigenvalue weighted by Gasteiger charge is 2.08. The molecule has 0 saturated heterocycles. The molecular weight excluding hydrogens is 272 g/mol. The molecule has 0 aliphatic carbocycles. The number of benzene rings is 2. The second-order valence-electron chi connectivity index (χ2n) is 4.46. The molecule has 0 aromatic heterocycles. The zero-order valence-corrected chi connectivity index (χ0v) is 12.0. The van der Waals surface area contributed by atoms with E-state index in [2.05, 4.69) is 0 Å². The van der Waals surface area contributed by atoms with E-state index in [1.165, 1.54) is 18.7 Å². The van der Waals surface area contributed by atoms with Crippen LogP contribution < -0.4 is 0 Å². The molecule has 20 heavy (non-hydrogen) atoms. The van der Waals surface area contributed by atoms with E-state index in [0.29, 0.717) is 11.1 Å². The third kappa shape index (κ3) is 3.27. The van der Waals surface area contributed by atoms with Crippen LogP contribution in [0, 0.1) is 6.92 Å². The minimum absolute atomic E-state index is 0.0325. The molecule has 0 heterocycles. The van der Waals surface area contributed by atoms with Gasteiger partial charge in [-0.15, -0.1) is 0 Å². The van der Waals surface area contributed by atoms with Gasteiger partial charge in [0.1, 0.15) is 0 Å². The third-order valence-corrected chi connectivity index (χ3v) is 3.93. The summed E-state index contributed by atoms with van der Waals surface area (Å²) >= 11 is 1.47. The summed E-state index contributed by atoms with van der Waals surface area (Å²) in [7, 11) is 0. The topological polar surface area (TPSA) is 54.4 Å². The fraction of sp³-hybridized carbons (Fsp3) is 0.125. The summed E-state index contributed by atoms with van der Waals surface area (Å²) < 4.78 is 0. The molecule has 102 valence electrons. The van der Waals surface area contributed by atoms with Crippen molar-refractivity contribution in [3.05, 3.63) is 59.2 Å². The van der Waals surface area contributed by atoms with Crippen molar-refractivity contribution in [1.29, 1.82) is 0 Å². The molecule has 0 saturated carbocycles. The van der Waals surface area contributed by atoms with Crippen LogP contribution in [0.1, 0.15) is 33.2 Å². The second kappa shape index (κ2) is 5.92. The van der Waals surface area contributed by atoms with Gasteiger partial charge in [0.15, 0.2) is 5.78 Å². The van der Waals surface area contributed by atoms with Gasteiger partial charge in [-0.3, -0.25) is 4.79 Å². The maximum Gasteiger partial charge on any atom is 0.335 e. The van der Waals surface area contributed by atoms with Crippen molar-refractivity contribution < 1.29 is 14.7 Å². The smallest absolute Gasteiger partial charge is 0.335 e. The lowest BCUT2D eigenvalue weighted by molar-refractivity contribution is 0.0695. The van der Waals surface area contributed by atoms with Gasteiger partial charge < -0.3 is 5.11 Å². The SMILES string of the molecule is CC(=O)c1ccc(Sc2ccc(C)c(C(=O)O)c2)cc1. The van der Waals surface area contributed by atoms with Gasteiger partial charge in [0, 0.05) is 15.4 Å². The number of hydrogen-bond donors (Lipinski definition) is 1. The first-order valence-electron chi connectivity index (χ1n) is 6.10. The number of rotatable bonds is 4. The second-order valence-corrected chi connectivity index (χ2v) is 5.61. The van der Waals surface area contributed by atoms with Crippen molar-refractivity contribution in [2.45, 2.75) is 23.6 Å². The zero-order chi connectivity index (χ0) is 14.7. The fourth-order valence-corrected chi connectivity index (χ4v) is 2.65. The molecule has 0 spiro atoms. The normalized spacial score (nSPS) is 10.3. The molecule has 2 rings (SSSR count). The highest BCUT2D eigenvalue weighted by molar-refractivity contribution is 7.99. The lowest BCUT2D eigenvalue weighted by Crippen LogP contribution is -1.99. The first-order chi connectivity index (χ1) is 9.47. The Hall–Kier alpha value is -2.07. The summed E-state index contributed by atoms with van der Waals surface area (Å²) in [6.45, 7) is 3.31. The Morgan fingerprint density at radius 1 is 1.00 bits per heavy atom. The summed E-state index contributed by atoms with van der Waals surface area (Å²) in [5.74, 6) is -0.887. The van der Waals surface area contributed by atoms with Gasteiger partial charge in [0.25, 0.3) is 0 Å². The summed E-state index contributed by atoms with van der Waals surface area (Å²) in [6.07, 6.45) is 0. The summed E-state index contributed by atoms with van der Waals surface area (Å²) in [4.78, 5) is 24.1. The van der Waals surface area contributed by atoms with Crippen LogP contribution in [0.15, 0.2) is 52.3 Å². The van der Waals surface area contributed by atoms with E-state index < -0.39 is 5.97 Å². The molecule has 0 unspecified atom stereocenters. The van der Waals surface area contributed by atoms with Gasteiger partial charge in [-0.05, 0) is 43.7 Å². The van der Waals surface area contributed by atoms with Gasteiger partial charge in [-0.25, -0.2) is 4.79 Å². The number of aryl methyl sites for hydroxylation is 1. The van der Waals surface area contributed by atoms with Crippen LogP contribution >= 0.6 is 11.8 Å². The van der Waals surface area contributed by atoms with Crippen molar-refractivity contribution in [3.63, 3.8) is 0 Å². The van der Waals surface area contributed by atoms with Crippen LogP contribution in [0.3, 0.4) is 0 Å². The molecule has 0 amide bonds. The molecule has 3 nitrogen and oxygen atoms in total. The molecule has 2 aromatic carbocycles. The first kappa shape index (κ1) is 14.3. The highest BCUT2D eigenvalue weighted by atomic mass is 32.2. The Kier molecular flexibility index (Phi) is 4.25. The molecule has 0 aliphatic heterocycles. The maximum absolute atomic E-state index is 11.2. The van der Waals surface area contributed by atoms with E-state index in [-0.39, 0.29) is 5.78 Å².